The number of hydrogen-bond donors (Lipinski definition) is 0. The zero-order valence-electron chi connectivity index (χ0n) is 12.6. The lowest BCUT2D eigenvalue weighted by Crippen LogP contribution is -2.43. The highest BCUT2D eigenvalue weighted by atomic mass is 35.5. The van der Waals surface area contributed by atoms with E-state index in [-0.39, 0.29) is 12.0 Å². The number of carbonyl (C=O) groups excluding carboxylic acids is 1. The molecule has 0 radical (unpaired) electrons. The molecular formula is C17H19ClN2O2. The van der Waals surface area contributed by atoms with Crippen LogP contribution in [0.4, 0.5) is 0 Å². The first-order chi connectivity index (χ1) is 10.7. The van der Waals surface area contributed by atoms with Gasteiger partial charge in [-0.15, -0.1) is 0 Å². The van der Waals surface area contributed by atoms with Crippen molar-refractivity contribution in [1.82, 2.24) is 9.88 Å². The lowest BCUT2D eigenvalue weighted by Gasteiger charge is -2.32. The van der Waals surface area contributed by atoms with Gasteiger partial charge in [0, 0.05) is 36.3 Å². The van der Waals surface area contributed by atoms with Crippen LogP contribution in [0.15, 0.2) is 30.5 Å². The number of nitrogens with zero attached hydrogens (tertiary/aromatic N) is 2. The predicted molar refractivity (Wildman–Crippen MR) is 87.3 cm³/mol. The number of rotatable bonds is 3. The molecule has 1 saturated heterocycles. The van der Waals surface area contributed by atoms with E-state index in [1.165, 1.54) is 0 Å². The molecule has 0 saturated carbocycles. The molecule has 2 heterocycles. The third kappa shape index (κ3) is 3.08. The molecule has 22 heavy (non-hydrogen) atoms. The maximum atomic E-state index is 12.9. The van der Waals surface area contributed by atoms with E-state index in [9.17, 15) is 4.79 Å². The molecule has 1 aromatic carbocycles. The van der Waals surface area contributed by atoms with E-state index >= 15 is 0 Å². The maximum Gasteiger partial charge on any atom is 0.256 e. The molecule has 1 unspecified atom stereocenters. The van der Waals surface area contributed by atoms with Crippen LogP contribution in [0.25, 0.3) is 10.9 Å². The number of fused-ring (bicyclic) bond motifs is 1. The van der Waals surface area contributed by atoms with E-state index < -0.39 is 0 Å². The predicted octanol–water partition coefficient (Wildman–Crippen LogP) is 3.53. The van der Waals surface area contributed by atoms with Crippen LogP contribution in [0.5, 0.6) is 0 Å². The van der Waals surface area contributed by atoms with Gasteiger partial charge in [-0.2, -0.15) is 0 Å². The van der Waals surface area contributed by atoms with Gasteiger partial charge < -0.3 is 9.64 Å². The summed E-state index contributed by atoms with van der Waals surface area (Å²) in [5.74, 6) is -0.0180. The third-order valence-electron chi connectivity index (χ3n) is 3.97. The molecule has 1 aliphatic heterocycles. The Balaban J connectivity index is 1.91. The molecule has 0 aliphatic carbocycles. The van der Waals surface area contributed by atoms with E-state index in [0.29, 0.717) is 29.3 Å². The van der Waals surface area contributed by atoms with Gasteiger partial charge >= 0.3 is 0 Å². The molecule has 2 aromatic rings. The number of hydrogen-bond acceptors (Lipinski definition) is 3. The van der Waals surface area contributed by atoms with Gasteiger partial charge in [0.2, 0.25) is 0 Å². The van der Waals surface area contributed by atoms with Crippen molar-refractivity contribution in [2.45, 2.75) is 25.9 Å². The number of pyridine rings is 1. The van der Waals surface area contributed by atoms with Crippen molar-refractivity contribution in [3.8, 4) is 0 Å². The van der Waals surface area contributed by atoms with Crippen molar-refractivity contribution >= 4 is 28.4 Å². The monoisotopic (exact) mass is 318 g/mol. The average Bonchev–Trinajstić information content (AvgIpc) is 2.54. The minimum absolute atomic E-state index is 0.0180. The van der Waals surface area contributed by atoms with Crippen LogP contribution in [0.3, 0.4) is 0 Å². The molecule has 1 aliphatic rings. The van der Waals surface area contributed by atoms with Crippen molar-refractivity contribution in [2.75, 3.05) is 19.7 Å². The maximum absolute atomic E-state index is 12.9. The summed E-state index contributed by atoms with van der Waals surface area (Å²) in [6.45, 7) is 4.04. The van der Waals surface area contributed by atoms with Crippen molar-refractivity contribution in [2.24, 2.45) is 0 Å². The Labute approximate surface area is 135 Å². The third-order valence-corrected chi connectivity index (χ3v) is 4.19. The number of benzene rings is 1. The second-order valence-corrected chi connectivity index (χ2v) is 5.94. The van der Waals surface area contributed by atoms with Crippen LogP contribution < -0.4 is 0 Å². The number of piperidine rings is 1. The van der Waals surface area contributed by atoms with Gasteiger partial charge in [-0.1, -0.05) is 17.7 Å². The van der Waals surface area contributed by atoms with Crippen LogP contribution in [-0.4, -0.2) is 41.6 Å². The highest BCUT2D eigenvalue weighted by Gasteiger charge is 2.26. The van der Waals surface area contributed by atoms with Gasteiger partial charge in [0.05, 0.1) is 17.2 Å². The SMILES string of the molecule is CCOC1CCCN(C(=O)c2cc(Cl)cc3cccnc23)C1. The van der Waals surface area contributed by atoms with Gasteiger partial charge in [0.25, 0.3) is 5.91 Å². The van der Waals surface area contributed by atoms with Crippen LogP contribution in [0.2, 0.25) is 5.02 Å². The van der Waals surface area contributed by atoms with Crippen LogP contribution in [-0.2, 0) is 4.74 Å². The minimum atomic E-state index is -0.0180. The summed E-state index contributed by atoms with van der Waals surface area (Å²) in [6.07, 6.45) is 3.79. The van der Waals surface area contributed by atoms with Gasteiger partial charge in [-0.25, -0.2) is 0 Å². The Morgan fingerprint density at radius 1 is 1.50 bits per heavy atom. The normalized spacial score (nSPS) is 18.6. The number of halogens is 1. The largest absolute Gasteiger partial charge is 0.377 e. The molecule has 5 heteroatoms. The van der Waals surface area contributed by atoms with Crippen molar-refractivity contribution in [1.29, 1.82) is 0 Å². The quantitative estimate of drug-likeness (QED) is 0.869. The van der Waals surface area contributed by atoms with E-state index in [0.717, 1.165) is 24.8 Å². The fourth-order valence-electron chi connectivity index (χ4n) is 2.98. The van der Waals surface area contributed by atoms with E-state index in [2.05, 4.69) is 4.98 Å². The zero-order valence-corrected chi connectivity index (χ0v) is 13.3. The first-order valence-corrected chi connectivity index (χ1v) is 8.02. The smallest absolute Gasteiger partial charge is 0.256 e. The Morgan fingerprint density at radius 3 is 3.18 bits per heavy atom. The number of ether oxygens (including phenoxy) is 1. The fourth-order valence-corrected chi connectivity index (χ4v) is 3.21. The lowest BCUT2D eigenvalue weighted by atomic mass is 10.0. The first-order valence-electron chi connectivity index (χ1n) is 7.64. The highest BCUT2D eigenvalue weighted by molar-refractivity contribution is 6.32. The summed E-state index contributed by atoms with van der Waals surface area (Å²) < 4.78 is 5.67. The van der Waals surface area contributed by atoms with Crippen molar-refractivity contribution < 1.29 is 9.53 Å². The van der Waals surface area contributed by atoms with E-state index in [1.54, 1.807) is 12.3 Å². The van der Waals surface area contributed by atoms with Gasteiger partial charge in [-0.05, 0) is 38.0 Å². The van der Waals surface area contributed by atoms with Gasteiger partial charge in [0.15, 0.2) is 0 Å². The van der Waals surface area contributed by atoms with E-state index in [1.807, 2.05) is 30.0 Å². The van der Waals surface area contributed by atoms with Gasteiger partial charge in [-0.3, -0.25) is 9.78 Å². The molecule has 0 bridgehead atoms. The molecule has 0 N–H and O–H groups in total. The molecule has 1 amide bonds. The summed E-state index contributed by atoms with van der Waals surface area (Å²) in [7, 11) is 0. The lowest BCUT2D eigenvalue weighted by molar-refractivity contribution is 0.00731. The summed E-state index contributed by atoms with van der Waals surface area (Å²) in [4.78, 5) is 19.1. The Hall–Kier alpha value is -1.65. The van der Waals surface area contributed by atoms with Crippen molar-refractivity contribution in [3.63, 3.8) is 0 Å². The Morgan fingerprint density at radius 2 is 2.36 bits per heavy atom. The fraction of sp³-hybridized carbons (Fsp3) is 0.412. The molecule has 3 rings (SSSR count). The van der Waals surface area contributed by atoms with Crippen LogP contribution in [0.1, 0.15) is 30.1 Å². The second kappa shape index (κ2) is 6.63. The topological polar surface area (TPSA) is 42.4 Å². The molecule has 4 nitrogen and oxygen atoms in total. The minimum Gasteiger partial charge on any atom is -0.377 e. The molecule has 0 spiro atoms. The zero-order chi connectivity index (χ0) is 15.5. The van der Waals surface area contributed by atoms with Crippen LogP contribution in [0, 0.1) is 0 Å². The molecule has 116 valence electrons. The number of likely N-dealkylation sites (tertiary alicyclic amines) is 1. The number of amides is 1. The summed E-state index contributed by atoms with van der Waals surface area (Å²) >= 11 is 6.16. The summed E-state index contributed by atoms with van der Waals surface area (Å²) in [5.41, 5.74) is 1.27. The highest BCUT2D eigenvalue weighted by Crippen LogP contribution is 2.25. The molecular weight excluding hydrogens is 300 g/mol. The average molecular weight is 319 g/mol. The Kier molecular flexibility index (Phi) is 4.60. The Bertz CT molecular complexity index is 687. The summed E-state index contributed by atoms with van der Waals surface area (Å²) in [5, 5.41) is 1.44. The molecule has 1 aromatic heterocycles. The standard InChI is InChI=1S/C17H19ClN2O2/c1-2-22-14-6-4-8-20(11-14)17(21)15-10-13(18)9-12-5-3-7-19-16(12)15/h3,5,7,9-10,14H,2,4,6,8,11H2,1H3. The second-order valence-electron chi connectivity index (χ2n) is 5.50. The van der Waals surface area contributed by atoms with E-state index in [4.69, 9.17) is 16.3 Å². The first kappa shape index (κ1) is 15.3. The van der Waals surface area contributed by atoms with Gasteiger partial charge in [0.1, 0.15) is 0 Å². The summed E-state index contributed by atoms with van der Waals surface area (Å²) in [6, 6.07) is 7.31. The number of carbonyl (C=O) groups is 1. The number of aromatic nitrogens is 1. The van der Waals surface area contributed by atoms with Crippen molar-refractivity contribution in [3.05, 3.63) is 41.0 Å². The molecule has 1 atom stereocenters. The van der Waals surface area contributed by atoms with Crippen LogP contribution >= 0.6 is 11.6 Å². The molecule has 1 fully saturated rings.